The van der Waals surface area contributed by atoms with Gasteiger partial charge in [0.15, 0.2) is 5.82 Å². The second-order valence-electron chi connectivity index (χ2n) is 18.9. The number of nitrogens with zero attached hydrogens (tertiary/aromatic N) is 8. The van der Waals surface area contributed by atoms with Crippen LogP contribution in [0.2, 0.25) is 5.15 Å². The lowest BCUT2D eigenvalue weighted by atomic mass is 10.1. The number of ether oxygens (including phenoxy) is 2. The van der Waals surface area contributed by atoms with E-state index in [1.54, 1.807) is 63.2 Å². The van der Waals surface area contributed by atoms with Crippen molar-refractivity contribution in [3.8, 4) is 11.5 Å². The second-order valence-corrected chi connectivity index (χ2v) is 19.2. The number of anilines is 2. The van der Waals surface area contributed by atoms with Gasteiger partial charge < -0.3 is 30.4 Å². The molecule has 0 unspecified atom stereocenters. The Morgan fingerprint density at radius 1 is 0.560 bits per heavy atom. The maximum Gasteiger partial charge on any atom is 0.337 e. The number of hydrogen-bond acceptors (Lipinski definition) is 16. The zero-order valence-electron chi connectivity index (χ0n) is 46.6. The molecule has 84 heavy (non-hydrogen) atoms. The van der Waals surface area contributed by atoms with Crippen molar-refractivity contribution in [2.75, 3.05) is 24.9 Å². The molecule has 4 N–H and O–H groups in total. The molecular weight excluding hydrogens is 1160 g/mol. The number of nitrogens with one attached hydrogen (secondary N) is 2. The van der Waals surface area contributed by atoms with Crippen LogP contribution in [0.3, 0.4) is 0 Å². The first-order valence-electron chi connectivity index (χ1n) is 25.4. The lowest BCUT2D eigenvalue weighted by Gasteiger charge is -2.17. The van der Waals surface area contributed by atoms with Crippen molar-refractivity contribution in [2.24, 2.45) is 5.73 Å². The lowest BCUT2D eigenvalue weighted by molar-refractivity contribution is 0.0592. The summed E-state index contributed by atoms with van der Waals surface area (Å²) in [5.74, 6) is 3.22. The van der Waals surface area contributed by atoms with Gasteiger partial charge in [0.25, 0.3) is 5.89 Å². The number of benzene rings is 6. The summed E-state index contributed by atoms with van der Waals surface area (Å²) in [7, 11) is 2.72. The molecule has 1 fully saturated rings. The molecule has 0 radical (unpaired) electrons. The van der Waals surface area contributed by atoms with Crippen molar-refractivity contribution in [2.45, 2.75) is 85.9 Å². The average Bonchev–Trinajstić information content (AvgIpc) is 3.22. The Balaban J connectivity index is 0.000000250. The normalized spacial score (nSPS) is 12.2. The minimum atomic E-state index is -0.369. The molecule has 1 saturated carbocycles. The highest BCUT2D eigenvalue weighted by Gasteiger charge is 2.29. The van der Waals surface area contributed by atoms with E-state index in [1.807, 2.05) is 62.4 Å². The van der Waals surface area contributed by atoms with E-state index in [-0.39, 0.29) is 95.4 Å². The van der Waals surface area contributed by atoms with E-state index in [2.05, 4.69) is 62.3 Å². The van der Waals surface area contributed by atoms with Gasteiger partial charge in [-0.05, 0) is 144 Å². The van der Waals surface area contributed by atoms with Crippen molar-refractivity contribution in [3.05, 3.63) is 201 Å². The lowest BCUT2D eigenvalue weighted by Crippen LogP contribution is -2.10. The molecule has 442 valence electrons. The minimum Gasteiger partial charge on any atom is -0.465 e. The highest BCUT2D eigenvalue weighted by molar-refractivity contribution is 7.59. The summed E-state index contributed by atoms with van der Waals surface area (Å²) in [5.41, 5.74) is 12.4. The van der Waals surface area contributed by atoms with E-state index in [1.165, 1.54) is 50.6 Å². The van der Waals surface area contributed by atoms with Gasteiger partial charge in [0.1, 0.15) is 51.7 Å². The number of aromatic nitrogens is 8. The van der Waals surface area contributed by atoms with Crippen LogP contribution >= 0.6 is 52.1 Å². The molecule has 0 amide bonds. The quantitative estimate of drug-likeness (QED) is 0.0810. The van der Waals surface area contributed by atoms with Gasteiger partial charge in [0.2, 0.25) is 0 Å². The fourth-order valence-corrected chi connectivity index (χ4v) is 8.53. The van der Waals surface area contributed by atoms with Crippen molar-refractivity contribution in [1.29, 1.82) is 0 Å². The molecule has 0 spiro atoms. The summed E-state index contributed by atoms with van der Waals surface area (Å²) >= 11 is 5.84. The molecule has 16 nitrogen and oxygen atoms in total. The van der Waals surface area contributed by atoms with Crippen LogP contribution in [0.4, 0.5) is 24.8 Å². The highest BCUT2D eigenvalue weighted by Crippen LogP contribution is 2.39. The predicted octanol–water partition coefficient (Wildman–Crippen LogP) is 14.4. The monoisotopic (exact) mass is 1220 g/mol. The molecule has 3 atom stereocenters. The van der Waals surface area contributed by atoms with Gasteiger partial charge in [-0.3, -0.25) is 0 Å². The summed E-state index contributed by atoms with van der Waals surface area (Å²) in [4.78, 5) is 52.6. The standard InChI is InChI=1S/C22H20FN5O.C19H18FN3O2.C10H13NO2.C9H6ClFN2.CH4.3H2S/c1-12(24-21-18-10-9-17(23)11-19(18)25-13(2)26-21)14-3-7-16(8-4-14)22-27-20(28-29-22)15-5-6-15;1-11(13-4-6-14(7-5-13)19(24)25-3)21-18-16-9-8-15(20)10-17(16)22-12(2)23-18;1-7(11)8-3-5-9(6-4-8)10(12)13-2;1-5-12-8-4-6(11)2-3-7(8)9(10)13-5;;;;/h3-4,7-12,15H,5-6H2,1-2H3,(H,24,25,26);4-11H,1-3H3,(H,21,22,23);3-7H,11H2,1-2H3;2-4H,1H3;1H4;3*1H2/t12-;11-;7-;;;;;/m000...../s1. The van der Waals surface area contributed by atoms with Gasteiger partial charge in [-0.15, -0.1) is 0 Å². The Bertz CT molecular complexity index is 3810. The Morgan fingerprint density at radius 2 is 0.940 bits per heavy atom. The van der Waals surface area contributed by atoms with E-state index < -0.39 is 0 Å². The third-order valence-electron chi connectivity index (χ3n) is 12.7. The number of halogens is 4. The fourth-order valence-electron chi connectivity index (χ4n) is 8.25. The average molecular weight is 1220 g/mol. The van der Waals surface area contributed by atoms with Crippen molar-refractivity contribution in [3.63, 3.8) is 0 Å². The number of rotatable bonds is 11. The van der Waals surface area contributed by atoms with Crippen LogP contribution in [0.15, 0.2) is 132 Å². The van der Waals surface area contributed by atoms with Crippen molar-refractivity contribution >= 4 is 108 Å². The number of carbonyl (C=O) groups is 2. The first kappa shape index (κ1) is 68.6. The van der Waals surface area contributed by atoms with Crippen LogP contribution in [0.25, 0.3) is 44.2 Å². The zero-order valence-corrected chi connectivity index (χ0v) is 50.3. The Morgan fingerprint density at radius 3 is 1.35 bits per heavy atom. The summed E-state index contributed by atoms with van der Waals surface area (Å²) < 4.78 is 54.5. The van der Waals surface area contributed by atoms with Gasteiger partial charge >= 0.3 is 11.9 Å². The number of hydrogen-bond donors (Lipinski definition) is 3. The molecule has 1 aliphatic carbocycles. The molecule has 1 aliphatic rings. The molecule has 10 aromatic rings. The SMILES string of the molecule is C.COC(=O)c1ccc([C@H](C)N)cc1.COC(=O)c1ccc([C@H](C)Nc2nc(C)nc3cc(F)ccc23)cc1.Cc1nc(Cl)c2ccc(F)cc2n1.Cc1nc(N[C@@H](C)c2ccc(-c3nc(C4CC4)no3)cc2)c2ccc(F)cc2n1.S.S.S. The third kappa shape index (κ3) is 17.8. The maximum absolute atomic E-state index is 13.6. The van der Waals surface area contributed by atoms with Crippen LogP contribution in [-0.4, -0.2) is 66.2 Å². The predicted molar refractivity (Wildman–Crippen MR) is 340 cm³/mol. The van der Waals surface area contributed by atoms with Crippen molar-refractivity contribution < 1.29 is 36.8 Å². The Labute approximate surface area is 511 Å². The molecule has 0 bridgehead atoms. The van der Waals surface area contributed by atoms with Crippen LogP contribution in [0.5, 0.6) is 0 Å². The number of esters is 2. The molecule has 0 aliphatic heterocycles. The Hall–Kier alpha value is -7.89. The summed E-state index contributed by atoms with van der Waals surface area (Å²) in [6.07, 6.45) is 2.29. The van der Waals surface area contributed by atoms with Crippen LogP contribution in [0.1, 0.15) is 126 Å². The van der Waals surface area contributed by atoms with Crippen molar-refractivity contribution in [1.82, 2.24) is 40.0 Å². The maximum atomic E-state index is 13.6. The summed E-state index contributed by atoms with van der Waals surface area (Å²) in [6.45, 7) is 11.2. The molecule has 11 rings (SSSR count). The van der Waals surface area contributed by atoms with Crippen LogP contribution in [-0.2, 0) is 9.47 Å². The topological polar surface area (TPSA) is 219 Å². The van der Waals surface area contributed by atoms with Gasteiger partial charge in [-0.25, -0.2) is 52.7 Å². The third-order valence-corrected chi connectivity index (χ3v) is 13.0. The zero-order chi connectivity index (χ0) is 57.2. The number of methoxy groups -OCH3 is 2. The molecule has 4 heterocycles. The van der Waals surface area contributed by atoms with Gasteiger partial charge in [-0.1, -0.05) is 60.6 Å². The van der Waals surface area contributed by atoms with E-state index >= 15 is 0 Å². The molecular formula is C61H67ClF3N11O5S3. The highest BCUT2D eigenvalue weighted by atomic mass is 35.5. The van der Waals surface area contributed by atoms with E-state index in [0.717, 1.165) is 51.7 Å². The van der Waals surface area contributed by atoms with Crippen LogP contribution < -0.4 is 16.4 Å². The number of fused-ring (bicyclic) bond motifs is 3. The molecule has 0 saturated heterocycles. The van der Waals surface area contributed by atoms with Gasteiger partial charge in [0.05, 0.1) is 41.9 Å². The molecule has 6 aromatic carbocycles. The number of carbonyl (C=O) groups excluding carboxylic acids is 2. The first-order chi connectivity index (χ1) is 38.3. The minimum absolute atomic E-state index is 0. The van der Waals surface area contributed by atoms with E-state index in [4.69, 9.17) is 26.6 Å². The summed E-state index contributed by atoms with van der Waals surface area (Å²) in [5, 5.41) is 13.4. The largest absolute Gasteiger partial charge is 0.465 e. The second kappa shape index (κ2) is 31.1. The fraction of sp³-hybridized carbons (Fsp3) is 0.246. The molecule has 23 heteroatoms. The smallest absolute Gasteiger partial charge is 0.337 e. The van der Waals surface area contributed by atoms with Gasteiger partial charge in [-0.2, -0.15) is 45.5 Å². The van der Waals surface area contributed by atoms with Crippen LogP contribution in [0, 0.1) is 38.2 Å². The van der Waals surface area contributed by atoms with Gasteiger partial charge in [0, 0.05) is 64.0 Å². The summed E-state index contributed by atoms with van der Waals surface area (Å²) in [6, 6.07) is 35.5. The van der Waals surface area contributed by atoms with E-state index in [0.29, 0.717) is 79.1 Å². The number of aryl methyl sites for hydroxylation is 3. The van der Waals surface area contributed by atoms with E-state index in [9.17, 15) is 22.8 Å². The number of nitrogens with two attached hydrogens (primary N) is 1. The Kier molecular flexibility index (Phi) is 25.4. The first-order valence-corrected chi connectivity index (χ1v) is 25.8. The molecule has 4 aromatic heterocycles.